The van der Waals surface area contributed by atoms with Gasteiger partial charge in [-0.2, -0.15) is 16.4 Å². The van der Waals surface area contributed by atoms with E-state index in [0.29, 0.717) is 11.4 Å². The fraction of sp³-hybridized carbons (Fsp3) is 0.0455. The largest absolute Gasteiger partial charge is 0.346 e. The van der Waals surface area contributed by atoms with Gasteiger partial charge in [0.15, 0.2) is 0 Å². The number of hydrogen-bond donors (Lipinski definition) is 2. The molecule has 0 saturated carbocycles. The van der Waals surface area contributed by atoms with E-state index in [1.165, 1.54) is 0 Å². The summed E-state index contributed by atoms with van der Waals surface area (Å²) in [6.45, 7) is 0. The van der Waals surface area contributed by atoms with Crippen molar-refractivity contribution in [2.75, 3.05) is 10.6 Å². The molecule has 4 aromatic rings. The van der Waals surface area contributed by atoms with E-state index < -0.39 is 0 Å². The Balaban J connectivity index is 1.46. The van der Waals surface area contributed by atoms with E-state index in [9.17, 15) is 4.79 Å². The summed E-state index contributed by atoms with van der Waals surface area (Å²) in [7, 11) is 1.87. The molecule has 29 heavy (non-hydrogen) atoms. The van der Waals surface area contributed by atoms with Crippen molar-refractivity contribution in [1.82, 2.24) is 14.8 Å². The SMILES string of the molecule is Cn1nc(-c2ccccc2)cc1N/C=C1/C(=O)Nc2ncc(-c3ccsc3)cc21. The second-order valence-corrected chi connectivity index (χ2v) is 7.47. The minimum Gasteiger partial charge on any atom is -0.346 e. The zero-order valence-electron chi connectivity index (χ0n) is 15.6. The first-order valence-corrected chi connectivity index (χ1v) is 10.0. The number of aromatic nitrogens is 3. The Morgan fingerprint density at radius 3 is 2.76 bits per heavy atom. The lowest BCUT2D eigenvalue weighted by molar-refractivity contribution is -0.110. The molecule has 4 heterocycles. The van der Waals surface area contributed by atoms with Crippen LogP contribution < -0.4 is 10.6 Å². The number of anilines is 2. The molecule has 2 N–H and O–H groups in total. The van der Waals surface area contributed by atoms with Crippen molar-refractivity contribution in [1.29, 1.82) is 0 Å². The maximum atomic E-state index is 12.5. The number of carbonyl (C=O) groups is 1. The summed E-state index contributed by atoms with van der Waals surface area (Å²) >= 11 is 1.63. The molecule has 1 aromatic carbocycles. The van der Waals surface area contributed by atoms with Crippen LogP contribution in [0.3, 0.4) is 0 Å². The zero-order chi connectivity index (χ0) is 19.8. The highest BCUT2D eigenvalue weighted by Crippen LogP contribution is 2.34. The minimum atomic E-state index is -0.173. The minimum absolute atomic E-state index is 0.173. The molecular formula is C22H17N5OS. The van der Waals surface area contributed by atoms with E-state index in [1.54, 1.807) is 28.4 Å². The highest BCUT2D eigenvalue weighted by atomic mass is 32.1. The Morgan fingerprint density at radius 2 is 1.97 bits per heavy atom. The first-order chi connectivity index (χ1) is 14.2. The van der Waals surface area contributed by atoms with Crippen LogP contribution in [-0.4, -0.2) is 20.7 Å². The maximum absolute atomic E-state index is 12.5. The van der Waals surface area contributed by atoms with Crippen LogP contribution in [-0.2, 0) is 11.8 Å². The Labute approximate surface area is 171 Å². The third-order valence-electron chi connectivity index (χ3n) is 4.82. The van der Waals surface area contributed by atoms with Gasteiger partial charge in [-0.3, -0.25) is 9.48 Å². The standard InChI is InChI=1S/C22H17N5OS/c1-27-20(10-19(26-27)14-5-3-2-4-6-14)23-12-18-17-9-16(15-7-8-29-13-15)11-24-21(17)25-22(18)28/h2-13,23H,1H3,(H,24,25,28)/b18-12+. The molecule has 0 bridgehead atoms. The Hall–Kier alpha value is -3.71. The Morgan fingerprint density at radius 1 is 1.10 bits per heavy atom. The predicted molar refractivity (Wildman–Crippen MR) is 116 cm³/mol. The second-order valence-electron chi connectivity index (χ2n) is 6.69. The maximum Gasteiger partial charge on any atom is 0.259 e. The van der Waals surface area contributed by atoms with Gasteiger partial charge in [-0.15, -0.1) is 0 Å². The predicted octanol–water partition coefficient (Wildman–Crippen LogP) is 4.62. The van der Waals surface area contributed by atoms with Crippen LogP contribution in [0.25, 0.3) is 28.0 Å². The molecule has 1 amide bonds. The lowest BCUT2D eigenvalue weighted by Crippen LogP contribution is -2.06. The molecule has 1 aliphatic rings. The number of pyridine rings is 1. The summed E-state index contributed by atoms with van der Waals surface area (Å²) in [4.78, 5) is 16.9. The van der Waals surface area contributed by atoms with Gasteiger partial charge in [0.05, 0.1) is 11.3 Å². The van der Waals surface area contributed by atoms with Gasteiger partial charge in [0.25, 0.3) is 5.91 Å². The number of aryl methyl sites for hydroxylation is 1. The van der Waals surface area contributed by atoms with Crippen LogP contribution in [0.5, 0.6) is 0 Å². The number of carbonyl (C=O) groups excluding carboxylic acids is 1. The zero-order valence-corrected chi connectivity index (χ0v) is 16.4. The van der Waals surface area contributed by atoms with Gasteiger partial charge in [0, 0.05) is 42.2 Å². The van der Waals surface area contributed by atoms with E-state index >= 15 is 0 Å². The lowest BCUT2D eigenvalue weighted by Gasteiger charge is -2.04. The van der Waals surface area contributed by atoms with Crippen molar-refractivity contribution in [3.05, 3.63) is 77.3 Å². The van der Waals surface area contributed by atoms with Gasteiger partial charge in [-0.25, -0.2) is 4.98 Å². The summed E-state index contributed by atoms with van der Waals surface area (Å²) in [5.74, 6) is 1.20. The van der Waals surface area contributed by atoms with Crippen molar-refractivity contribution in [3.8, 4) is 22.4 Å². The fourth-order valence-electron chi connectivity index (χ4n) is 3.30. The molecule has 142 valence electrons. The molecular weight excluding hydrogens is 382 g/mol. The molecule has 6 nitrogen and oxygen atoms in total. The Kier molecular flexibility index (Phi) is 4.22. The molecule has 0 aliphatic carbocycles. The number of rotatable bonds is 4. The molecule has 0 spiro atoms. The van der Waals surface area contributed by atoms with Gasteiger partial charge >= 0.3 is 0 Å². The molecule has 0 atom stereocenters. The molecule has 7 heteroatoms. The van der Waals surface area contributed by atoms with Crippen LogP contribution in [0, 0.1) is 0 Å². The summed E-state index contributed by atoms with van der Waals surface area (Å²) < 4.78 is 1.76. The summed E-state index contributed by atoms with van der Waals surface area (Å²) in [6, 6.07) is 16.0. The average molecular weight is 399 g/mol. The molecule has 0 saturated heterocycles. The van der Waals surface area contributed by atoms with E-state index in [1.807, 2.05) is 61.0 Å². The first kappa shape index (κ1) is 17.4. The van der Waals surface area contributed by atoms with E-state index in [4.69, 9.17) is 0 Å². The molecule has 5 rings (SSSR count). The van der Waals surface area contributed by atoms with Gasteiger partial charge in [0.2, 0.25) is 0 Å². The first-order valence-electron chi connectivity index (χ1n) is 9.09. The number of hydrogen-bond acceptors (Lipinski definition) is 5. The number of nitrogens with one attached hydrogen (secondary N) is 2. The van der Waals surface area contributed by atoms with Gasteiger partial charge in [0.1, 0.15) is 11.6 Å². The van der Waals surface area contributed by atoms with Crippen LogP contribution in [0.1, 0.15) is 5.56 Å². The molecule has 0 unspecified atom stereocenters. The number of fused-ring (bicyclic) bond motifs is 1. The molecule has 0 radical (unpaired) electrons. The molecule has 1 aliphatic heterocycles. The topological polar surface area (TPSA) is 71.8 Å². The summed E-state index contributed by atoms with van der Waals surface area (Å²) in [5, 5.41) is 14.7. The van der Waals surface area contributed by atoms with Crippen LogP contribution in [0.15, 0.2) is 71.7 Å². The average Bonchev–Trinajstić information content (AvgIpc) is 3.46. The molecule has 0 fully saturated rings. The number of nitrogens with zero attached hydrogens (tertiary/aromatic N) is 3. The van der Waals surface area contributed by atoms with E-state index in [-0.39, 0.29) is 5.91 Å². The van der Waals surface area contributed by atoms with Crippen LogP contribution in [0.4, 0.5) is 11.6 Å². The summed E-state index contributed by atoms with van der Waals surface area (Å²) in [6.07, 6.45) is 3.50. The van der Waals surface area contributed by atoms with Gasteiger partial charge < -0.3 is 10.6 Å². The van der Waals surface area contributed by atoms with E-state index in [0.717, 1.165) is 33.8 Å². The Bertz CT molecular complexity index is 1230. The molecule has 3 aromatic heterocycles. The van der Waals surface area contributed by atoms with Gasteiger partial charge in [-0.1, -0.05) is 30.3 Å². The highest BCUT2D eigenvalue weighted by molar-refractivity contribution is 7.08. The third-order valence-corrected chi connectivity index (χ3v) is 5.51. The van der Waals surface area contributed by atoms with Crippen molar-refractivity contribution in [2.24, 2.45) is 7.05 Å². The summed E-state index contributed by atoms with van der Waals surface area (Å²) in [5.41, 5.74) is 5.32. The quantitative estimate of drug-likeness (QED) is 0.492. The van der Waals surface area contributed by atoms with Crippen LogP contribution in [0.2, 0.25) is 0 Å². The van der Waals surface area contributed by atoms with E-state index in [2.05, 4.69) is 26.1 Å². The van der Waals surface area contributed by atoms with Crippen molar-refractivity contribution in [2.45, 2.75) is 0 Å². The normalized spacial score (nSPS) is 14.1. The van der Waals surface area contributed by atoms with Crippen molar-refractivity contribution in [3.63, 3.8) is 0 Å². The highest BCUT2D eigenvalue weighted by Gasteiger charge is 2.26. The smallest absolute Gasteiger partial charge is 0.259 e. The monoisotopic (exact) mass is 399 g/mol. The lowest BCUT2D eigenvalue weighted by atomic mass is 10.1. The van der Waals surface area contributed by atoms with Gasteiger partial charge in [-0.05, 0) is 28.5 Å². The third kappa shape index (κ3) is 3.21. The van der Waals surface area contributed by atoms with Crippen molar-refractivity contribution < 1.29 is 4.79 Å². The second kappa shape index (κ2) is 7.03. The van der Waals surface area contributed by atoms with Crippen molar-refractivity contribution >= 4 is 34.5 Å². The fourth-order valence-corrected chi connectivity index (χ4v) is 3.96. The van der Waals surface area contributed by atoms with Crippen LogP contribution >= 0.6 is 11.3 Å². The number of benzene rings is 1. The number of thiophene rings is 1. The number of amides is 1.